The third kappa shape index (κ3) is 6.01. The lowest BCUT2D eigenvalue weighted by Crippen LogP contribution is -2.39. The second kappa shape index (κ2) is 7.84. The largest absolute Gasteiger partial charge is 0.481 e. The molecule has 1 aromatic rings. The Morgan fingerprint density at radius 2 is 2.10 bits per heavy atom. The van der Waals surface area contributed by atoms with Gasteiger partial charge >= 0.3 is 5.97 Å². The molecule has 0 spiro atoms. The number of carbonyl (C=O) groups excluding carboxylic acids is 1. The van der Waals surface area contributed by atoms with E-state index >= 15 is 0 Å². The van der Waals surface area contributed by atoms with E-state index in [0.717, 1.165) is 5.69 Å². The number of carboxylic acids is 1. The Balaban J connectivity index is 2.43. The van der Waals surface area contributed by atoms with Gasteiger partial charge in [-0.1, -0.05) is 13.8 Å². The molecular weight excluding hydrogens is 278 g/mol. The van der Waals surface area contributed by atoms with Crippen molar-refractivity contribution < 1.29 is 14.7 Å². The first-order chi connectivity index (χ1) is 9.38. The van der Waals surface area contributed by atoms with Gasteiger partial charge < -0.3 is 15.7 Å². The number of aromatic nitrogens is 1. The van der Waals surface area contributed by atoms with Crippen molar-refractivity contribution in [3.05, 3.63) is 11.1 Å². The van der Waals surface area contributed by atoms with Crippen LogP contribution in [0.2, 0.25) is 0 Å². The minimum absolute atomic E-state index is 0.0631. The number of aliphatic carboxylic acids is 1. The second-order valence-electron chi connectivity index (χ2n) is 5.04. The van der Waals surface area contributed by atoms with Gasteiger partial charge in [0.25, 0.3) is 0 Å². The van der Waals surface area contributed by atoms with Crippen LogP contribution in [-0.2, 0) is 16.0 Å². The van der Waals surface area contributed by atoms with E-state index in [0.29, 0.717) is 24.0 Å². The fourth-order valence-corrected chi connectivity index (χ4v) is 2.26. The first-order valence-electron chi connectivity index (χ1n) is 6.59. The molecule has 1 heterocycles. The van der Waals surface area contributed by atoms with Crippen molar-refractivity contribution in [3.8, 4) is 0 Å². The van der Waals surface area contributed by atoms with E-state index in [-0.39, 0.29) is 18.4 Å². The van der Waals surface area contributed by atoms with Crippen LogP contribution in [0.1, 0.15) is 32.9 Å². The number of rotatable bonds is 8. The molecule has 1 amide bonds. The smallest absolute Gasteiger partial charge is 0.303 e. The summed E-state index contributed by atoms with van der Waals surface area (Å²) < 4.78 is 0. The molecule has 7 heteroatoms. The average Bonchev–Trinajstić information content (AvgIpc) is 2.81. The lowest BCUT2D eigenvalue weighted by atomic mass is 10.2. The highest BCUT2D eigenvalue weighted by molar-refractivity contribution is 7.13. The fourth-order valence-electron chi connectivity index (χ4n) is 1.43. The van der Waals surface area contributed by atoms with E-state index in [1.54, 1.807) is 6.92 Å². The van der Waals surface area contributed by atoms with Crippen molar-refractivity contribution in [3.63, 3.8) is 0 Å². The first kappa shape index (κ1) is 16.4. The van der Waals surface area contributed by atoms with Crippen molar-refractivity contribution >= 4 is 28.3 Å². The maximum absolute atomic E-state index is 11.8. The normalized spacial score (nSPS) is 12.2. The number of carboxylic acid groups (broad SMARTS) is 1. The molecular formula is C13H21N3O3S. The molecule has 3 N–H and O–H groups in total. The molecule has 1 rings (SSSR count). The Labute approximate surface area is 122 Å². The van der Waals surface area contributed by atoms with Gasteiger partial charge in [-0.25, -0.2) is 4.98 Å². The Kier molecular flexibility index (Phi) is 6.44. The molecule has 1 atom stereocenters. The SMILES string of the molecule is CC(C)CNC(=O)C(C)Nc1nc(CCC(=O)O)cs1. The Morgan fingerprint density at radius 1 is 1.40 bits per heavy atom. The van der Waals surface area contributed by atoms with Crippen LogP contribution >= 0.6 is 11.3 Å². The predicted molar refractivity (Wildman–Crippen MR) is 79.0 cm³/mol. The number of hydrogen-bond donors (Lipinski definition) is 3. The lowest BCUT2D eigenvalue weighted by molar-refractivity contribution is -0.137. The van der Waals surface area contributed by atoms with Crippen molar-refractivity contribution in [2.75, 3.05) is 11.9 Å². The lowest BCUT2D eigenvalue weighted by Gasteiger charge is -2.14. The summed E-state index contributed by atoms with van der Waals surface area (Å²) in [6.07, 6.45) is 0.467. The molecule has 0 saturated heterocycles. The predicted octanol–water partition coefficient (Wildman–Crippen LogP) is 1.73. The maximum atomic E-state index is 11.8. The summed E-state index contributed by atoms with van der Waals surface area (Å²) in [6.45, 7) is 6.49. The van der Waals surface area contributed by atoms with E-state index in [2.05, 4.69) is 15.6 Å². The van der Waals surface area contributed by atoms with E-state index in [1.807, 2.05) is 19.2 Å². The summed E-state index contributed by atoms with van der Waals surface area (Å²) in [6, 6.07) is -0.368. The molecule has 0 aliphatic carbocycles. The number of aryl methyl sites for hydroxylation is 1. The second-order valence-corrected chi connectivity index (χ2v) is 5.90. The number of amides is 1. The van der Waals surface area contributed by atoms with Crippen LogP contribution in [-0.4, -0.2) is 34.6 Å². The highest BCUT2D eigenvalue weighted by Gasteiger charge is 2.14. The molecule has 20 heavy (non-hydrogen) atoms. The van der Waals surface area contributed by atoms with Crippen LogP contribution < -0.4 is 10.6 Å². The zero-order valence-electron chi connectivity index (χ0n) is 12.0. The van der Waals surface area contributed by atoms with Crippen molar-refractivity contribution in [1.82, 2.24) is 10.3 Å². The van der Waals surface area contributed by atoms with E-state index in [4.69, 9.17) is 5.11 Å². The van der Waals surface area contributed by atoms with Gasteiger partial charge in [-0.3, -0.25) is 9.59 Å². The Hall–Kier alpha value is -1.63. The van der Waals surface area contributed by atoms with Gasteiger partial charge in [0, 0.05) is 18.3 Å². The molecule has 1 unspecified atom stereocenters. The van der Waals surface area contributed by atoms with Crippen LogP contribution in [0.5, 0.6) is 0 Å². The van der Waals surface area contributed by atoms with Gasteiger partial charge in [0.05, 0.1) is 12.1 Å². The molecule has 0 radical (unpaired) electrons. The molecule has 112 valence electrons. The Morgan fingerprint density at radius 3 is 2.70 bits per heavy atom. The summed E-state index contributed by atoms with van der Waals surface area (Å²) >= 11 is 1.38. The molecule has 0 bridgehead atoms. The molecule has 0 fully saturated rings. The van der Waals surface area contributed by atoms with Crippen LogP contribution in [0, 0.1) is 5.92 Å². The van der Waals surface area contributed by atoms with Crippen molar-refractivity contribution in [2.45, 2.75) is 39.7 Å². The Bertz CT molecular complexity index is 459. The van der Waals surface area contributed by atoms with Crippen LogP contribution in [0.25, 0.3) is 0 Å². The number of nitrogens with zero attached hydrogens (tertiary/aromatic N) is 1. The summed E-state index contributed by atoms with van der Waals surface area (Å²) in [5.74, 6) is -0.497. The number of nitrogens with one attached hydrogen (secondary N) is 2. The van der Waals surface area contributed by atoms with Crippen molar-refractivity contribution in [1.29, 1.82) is 0 Å². The maximum Gasteiger partial charge on any atom is 0.303 e. The first-order valence-corrected chi connectivity index (χ1v) is 7.47. The zero-order valence-corrected chi connectivity index (χ0v) is 12.8. The molecule has 6 nitrogen and oxygen atoms in total. The van der Waals surface area contributed by atoms with Crippen LogP contribution in [0.3, 0.4) is 0 Å². The monoisotopic (exact) mass is 299 g/mol. The fraction of sp³-hybridized carbons (Fsp3) is 0.615. The highest BCUT2D eigenvalue weighted by Crippen LogP contribution is 2.17. The molecule has 1 aromatic heterocycles. The van der Waals surface area contributed by atoms with E-state index < -0.39 is 5.97 Å². The molecule has 0 aliphatic rings. The molecule has 0 saturated carbocycles. The third-order valence-electron chi connectivity index (χ3n) is 2.56. The third-order valence-corrected chi connectivity index (χ3v) is 3.39. The molecule has 0 aliphatic heterocycles. The topological polar surface area (TPSA) is 91.3 Å². The van der Waals surface area contributed by atoms with E-state index in [1.165, 1.54) is 11.3 Å². The van der Waals surface area contributed by atoms with Crippen molar-refractivity contribution in [2.24, 2.45) is 5.92 Å². The summed E-state index contributed by atoms with van der Waals surface area (Å²) in [5.41, 5.74) is 0.731. The average molecular weight is 299 g/mol. The van der Waals surface area contributed by atoms with E-state index in [9.17, 15) is 9.59 Å². The van der Waals surface area contributed by atoms with Gasteiger partial charge in [-0.15, -0.1) is 11.3 Å². The standard InChI is InChI=1S/C13H21N3O3S/c1-8(2)6-14-12(19)9(3)15-13-16-10(7-20-13)4-5-11(17)18/h7-9H,4-6H2,1-3H3,(H,14,19)(H,15,16)(H,17,18). The van der Waals surface area contributed by atoms with Gasteiger partial charge in [0.15, 0.2) is 5.13 Å². The number of hydrogen-bond acceptors (Lipinski definition) is 5. The van der Waals surface area contributed by atoms with Gasteiger partial charge in [0.2, 0.25) is 5.91 Å². The van der Waals surface area contributed by atoms with Gasteiger partial charge in [-0.05, 0) is 12.8 Å². The van der Waals surface area contributed by atoms with Crippen LogP contribution in [0.15, 0.2) is 5.38 Å². The number of thiazole rings is 1. The summed E-state index contributed by atoms with van der Waals surface area (Å²) in [4.78, 5) is 26.5. The van der Waals surface area contributed by atoms with Gasteiger partial charge in [0.1, 0.15) is 6.04 Å². The van der Waals surface area contributed by atoms with Crippen LogP contribution in [0.4, 0.5) is 5.13 Å². The quantitative estimate of drug-likeness (QED) is 0.680. The van der Waals surface area contributed by atoms with Gasteiger partial charge in [-0.2, -0.15) is 0 Å². The minimum Gasteiger partial charge on any atom is -0.481 e. The summed E-state index contributed by atoms with van der Waals surface area (Å²) in [5, 5.41) is 16.9. The highest BCUT2D eigenvalue weighted by atomic mass is 32.1. The number of anilines is 1. The zero-order chi connectivity index (χ0) is 15.1. The number of carbonyl (C=O) groups is 2. The summed E-state index contributed by atoms with van der Waals surface area (Å²) in [7, 11) is 0. The minimum atomic E-state index is -0.839. The molecule has 0 aromatic carbocycles.